The number of carbonyl (C=O) groups excluding carboxylic acids is 1. The van der Waals surface area contributed by atoms with Crippen LogP contribution < -0.4 is 11.1 Å². The Kier molecular flexibility index (Phi) is 3.98. The highest BCUT2D eigenvalue weighted by Crippen LogP contribution is 2.24. The number of carbonyl (C=O) groups is 1. The average molecular weight is 252 g/mol. The summed E-state index contributed by atoms with van der Waals surface area (Å²) in [5, 5.41) is 12.4. The molecular formula is C12H20N4O2. The quantitative estimate of drug-likeness (QED) is 0.681. The number of rotatable bonds is 4. The van der Waals surface area contributed by atoms with Crippen molar-refractivity contribution in [3.63, 3.8) is 0 Å². The Morgan fingerprint density at radius 2 is 2.44 bits per heavy atom. The predicted octanol–water partition coefficient (Wildman–Crippen LogP) is -0.383. The van der Waals surface area contributed by atoms with E-state index in [0.717, 1.165) is 12.2 Å². The lowest BCUT2D eigenvalue weighted by Crippen LogP contribution is -2.30. The summed E-state index contributed by atoms with van der Waals surface area (Å²) in [6.45, 7) is 3.32. The van der Waals surface area contributed by atoms with Crippen molar-refractivity contribution in [2.45, 2.75) is 45.0 Å². The second-order valence-corrected chi connectivity index (χ2v) is 4.81. The maximum atomic E-state index is 11.9. The van der Waals surface area contributed by atoms with E-state index < -0.39 is 6.10 Å². The molecule has 0 aromatic carbocycles. The van der Waals surface area contributed by atoms with E-state index in [9.17, 15) is 9.90 Å². The van der Waals surface area contributed by atoms with Gasteiger partial charge in [-0.05, 0) is 19.8 Å². The topological polar surface area (TPSA) is 93.2 Å². The zero-order valence-electron chi connectivity index (χ0n) is 10.5. The van der Waals surface area contributed by atoms with E-state index in [1.807, 2.05) is 17.7 Å². The van der Waals surface area contributed by atoms with Gasteiger partial charge in [-0.3, -0.25) is 4.79 Å². The molecule has 0 aliphatic heterocycles. The van der Waals surface area contributed by atoms with Gasteiger partial charge in [-0.25, -0.2) is 4.98 Å². The molecule has 0 unspecified atom stereocenters. The van der Waals surface area contributed by atoms with Crippen molar-refractivity contribution in [2.75, 3.05) is 0 Å². The van der Waals surface area contributed by atoms with Gasteiger partial charge in [-0.2, -0.15) is 0 Å². The van der Waals surface area contributed by atoms with Gasteiger partial charge in [0, 0.05) is 24.7 Å². The number of aromatic nitrogens is 2. The Morgan fingerprint density at radius 1 is 1.67 bits per heavy atom. The molecule has 6 heteroatoms. The third-order valence-electron chi connectivity index (χ3n) is 3.44. The third-order valence-corrected chi connectivity index (χ3v) is 3.44. The number of amides is 1. The smallest absolute Gasteiger partial charge is 0.223 e. The minimum absolute atomic E-state index is 0.0481. The van der Waals surface area contributed by atoms with Crippen LogP contribution in [-0.2, 0) is 17.9 Å². The number of hydrogen-bond acceptors (Lipinski definition) is 4. The highest BCUT2D eigenvalue weighted by Gasteiger charge is 2.34. The van der Waals surface area contributed by atoms with Crippen molar-refractivity contribution in [1.82, 2.24) is 14.9 Å². The van der Waals surface area contributed by atoms with E-state index in [1.165, 1.54) is 0 Å². The van der Waals surface area contributed by atoms with Crippen LogP contribution in [0.4, 0.5) is 0 Å². The Labute approximate surface area is 106 Å². The van der Waals surface area contributed by atoms with Gasteiger partial charge < -0.3 is 20.7 Å². The molecule has 0 spiro atoms. The molecular weight excluding hydrogens is 232 g/mol. The summed E-state index contributed by atoms with van der Waals surface area (Å²) in [7, 11) is 0. The van der Waals surface area contributed by atoms with E-state index in [2.05, 4.69) is 10.3 Å². The van der Waals surface area contributed by atoms with Crippen LogP contribution in [0.5, 0.6) is 0 Å². The van der Waals surface area contributed by atoms with Crippen LogP contribution in [0.1, 0.15) is 25.5 Å². The highest BCUT2D eigenvalue weighted by molar-refractivity contribution is 5.79. The fraction of sp³-hybridized carbons (Fsp3) is 0.667. The van der Waals surface area contributed by atoms with Gasteiger partial charge in [0.1, 0.15) is 0 Å². The molecule has 4 N–H and O–H groups in total. The second kappa shape index (κ2) is 5.49. The van der Waals surface area contributed by atoms with E-state index in [-0.39, 0.29) is 17.9 Å². The van der Waals surface area contributed by atoms with Crippen LogP contribution in [0.15, 0.2) is 12.5 Å². The molecule has 1 fully saturated rings. The highest BCUT2D eigenvalue weighted by atomic mass is 16.3. The summed E-state index contributed by atoms with van der Waals surface area (Å²) >= 11 is 0. The first-order valence-corrected chi connectivity index (χ1v) is 6.32. The molecule has 18 heavy (non-hydrogen) atoms. The van der Waals surface area contributed by atoms with Crippen molar-refractivity contribution >= 4 is 5.91 Å². The van der Waals surface area contributed by atoms with Crippen LogP contribution in [0, 0.1) is 5.92 Å². The number of aliphatic hydroxyl groups is 1. The van der Waals surface area contributed by atoms with Crippen LogP contribution >= 0.6 is 0 Å². The van der Waals surface area contributed by atoms with Gasteiger partial charge in [0.15, 0.2) is 0 Å². The van der Waals surface area contributed by atoms with E-state index in [0.29, 0.717) is 19.4 Å². The Hall–Kier alpha value is -1.40. The van der Waals surface area contributed by atoms with Gasteiger partial charge in [0.05, 0.1) is 24.7 Å². The molecule has 0 bridgehead atoms. The molecule has 6 nitrogen and oxygen atoms in total. The van der Waals surface area contributed by atoms with Gasteiger partial charge >= 0.3 is 0 Å². The Bertz CT molecular complexity index is 408. The van der Waals surface area contributed by atoms with Crippen LogP contribution in [0.25, 0.3) is 0 Å². The lowest BCUT2D eigenvalue weighted by molar-refractivity contribution is -0.125. The first-order chi connectivity index (χ1) is 8.60. The number of aliphatic hydroxyl groups excluding tert-OH is 1. The van der Waals surface area contributed by atoms with Crippen molar-refractivity contribution in [2.24, 2.45) is 11.7 Å². The van der Waals surface area contributed by atoms with Crippen molar-refractivity contribution in [1.29, 1.82) is 0 Å². The van der Waals surface area contributed by atoms with Gasteiger partial charge in [0.25, 0.3) is 0 Å². The maximum Gasteiger partial charge on any atom is 0.223 e. The summed E-state index contributed by atoms with van der Waals surface area (Å²) in [6.07, 6.45) is 4.11. The summed E-state index contributed by atoms with van der Waals surface area (Å²) in [5.74, 6) is -0.226. The molecule has 100 valence electrons. The number of imidazole rings is 1. The molecule has 3 atom stereocenters. The molecule has 1 aliphatic carbocycles. The molecule has 1 aromatic heterocycles. The number of aryl methyl sites for hydroxylation is 1. The summed E-state index contributed by atoms with van der Waals surface area (Å²) in [6, 6.07) is -0.278. The minimum atomic E-state index is -0.556. The molecule has 2 rings (SSSR count). The zero-order chi connectivity index (χ0) is 13.1. The first kappa shape index (κ1) is 13.0. The number of nitrogens with one attached hydrogen (secondary N) is 1. The van der Waals surface area contributed by atoms with Gasteiger partial charge in [-0.15, -0.1) is 0 Å². The van der Waals surface area contributed by atoms with Crippen molar-refractivity contribution < 1.29 is 9.90 Å². The fourth-order valence-electron chi connectivity index (χ4n) is 2.25. The van der Waals surface area contributed by atoms with Crippen molar-refractivity contribution in [3.05, 3.63) is 18.2 Å². The summed E-state index contributed by atoms with van der Waals surface area (Å²) < 4.78 is 1.96. The fourth-order valence-corrected chi connectivity index (χ4v) is 2.25. The Balaban J connectivity index is 1.81. The minimum Gasteiger partial charge on any atom is -0.391 e. The van der Waals surface area contributed by atoms with Crippen LogP contribution in [0.3, 0.4) is 0 Å². The standard InChI is InChI=1S/C12H20N4O2/c1-2-16-6-9(15-7-16)5-14-12(18)8-3-10(13)11(17)4-8/h6-8,10-11,17H,2-5,13H2,1H3,(H,14,18)/t8-,10+,11+/m0/s1. The van der Waals surface area contributed by atoms with Gasteiger partial charge in [-0.1, -0.05) is 0 Å². The number of nitrogens with zero attached hydrogens (tertiary/aromatic N) is 2. The normalized spacial score (nSPS) is 27.4. The van der Waals surface area contributed by atoms with Crippen LogP contribution in [0.2, 0.25) is 0 Å². The molecule has 0 radical (unpaired) electrons. The van der Waals surface area contributed by atoms with Crippen molar-refractivity contribution in [3.8, 4) is 0 Å². The number of hydrogen-bond donors (Lipinski definition) is 3. The molecule has 1 amide bonds. The number of nitrogens with two attached hydrogens (primary N) is 1. The van der Waals surface area contributed by atoms with E-state index in [1.54, 1.807) is 6.33 Å². The van der Waals surface area contributed by atoms with Crippen LogP contribution in [-0.4, -0.2) is 32.7 Å². The Morgan fingerprint density at radius 3 is 3.00 bits per heavy atom. The van der Waals surface area contributed by atoms with E-state index in [4.69, 9.17) is 5.73 Å². The molecule has 1 aromatic rings. The lowest BCUT2D eigenvalue weighted by Gasteiger charge is -2.09. The average Bonchev–Trinajstić information content (AvgIpc) is 2.94. The molecule has 1 saturated carbocycles. The van der Waals surface area contributed by atoms with Gasteiger partial charge in [0.2, 0.25) is 5.91 Å². The van der Waals surface area contributed by atoms with E-state index >= 15 is 0 Å². The third kappa shape index (κ3) is 2.88. The summed E-state index contributed by atoms with van der Waals surface area (Å²) in [5.41, 5.74) is 6.53. The zero-order valence-corrected chi connectivity index (χ0v) is 10.5. The predicted molar refractivity (Wildman–Crippen MR) is 66.5 cm³/mol. The lowest BCUT2D eigenvalue weighted by atomic mass is 10.1. The molecule has 0 saturated heterocycles. The monoisotopic (exact) mass is 252 g/mol. The molecule has 1 aliphatic rings. The maximum absolute atomic E-state index is 11.9. The second-order valence-electron chi connectivity index (χ2n) is 4.81. The summed E-state index contributed by atoms with van der Waals surface area (Å²) in [4.78, 5) is 16.1. The SMILES string of the molecule is CCn1cnc(CNC(=O)[C@H]2C[C@@H](N)[C@H](O)C2)c1. The largest absolute Gasteiger partial charge is 0.391 e. The first-order valence-electron chi connectivity index (χ1n) is 6.32. The molecule has 1 heterocycles.